The van der Waals surface area contributed by atoms with Crippen molar-refractivity contribution in [2.45, 2.75) is 19.9 Å². The van der Waals surface area contributed by atoms with Gasteiger partial charge in [-0.1, -0.05) is 19.6 Å². The van der Waals surface area contributed by atoms with E-state index < -0.39 is 0 Å². The first-order valence-corrected chi connectivity index (χ1v) is 4.52. The number of nitrogens with two attached hydrogens (primary N) is 1. The van der Waals surface area contributed by atoms with Gasteiger partial charge in [-0.2, -0.15) is 0 Å². The lowest BCUT2D eigenvalue weighted by atomic mass is 10.1. The Labute approximate surface area is 89.4 Å². The number of nitrogen functional groups attached to an aromatic ring is 1. The molecule has 0 bridgehead atoms. The van der Waals surface area contributed by atoms with Gasteiger partial charge in [0.05, 0.1) is 6.04 Å². The predicted molar refractivity (Wildman–Crippen MR) is 59.6 cm³/mol. The number of carbonyl (C=O) groups is 1. The van der Waals surface area contributed by atoms with Crippen LogP contribution in [0.3, 0.4) is 0 Å². The summed E-state index contributed by atoms with van der Waals surface area (Å²) in [6.45, 7) is 0.448. The molecule has 3 N–H and O–H groups in total. The van der Waals surface area contributed by atoms with Crippen molar-refractivity contribution in [3.63, 3.8) is 0 Å². The minimum atomic E-state index is -0.328. The quantitative estimate of drug-likeness (QED) is 0.725. The maximum Gasteiger partial charge on any atom is 0.407 e. The van der Waals surface area contributed by atoms with Crippen LogP contribution in [-0.4, -0.2) is 18.7 Å². The fraction of sp³-hybridized carbons (Fsp3) is 0.364. The van der Waals surface area contributed by atoms with Gasteiger partial charge >= 0.3 is 6.09 Å². The number of alkyl carbamates (subject to hydrolysis) is 1. The van der Waals surface area contributed by atoms with E-state index in [-0.39, 0.29) is 19.6 Å². The minimum absolute atomic E-state index is 0. The third kappa shape index (κ3) is 2.87. The molecule has 0 unspecified atom stereocenters. The van der Waals surface area contributed by atoms with Gasteiger partial charge in [-0.3, -0.25) is 0 Å². The van der Waals surface area contributed by atoms with Gasteiger partial charge < -0.3 is 15.8 Å². The number of anilines is 1. The van der Waals surface area contributed by atoms with Crippen molar-refractivity contribution in [2.24, 2.45) is 0 Å². The van der Waals surface area contributed by atoms with Crippen LogP contribution in [0.1, 0.15) is 13.0 Å². The summed E-state index contributed by atoms with van der Waals surface area (Å²) in [5, 5.41) is 2.72. The molecule has 1 saturated heterocycles. The first-order valence-electron chi connectivity index (χ1n) is 4.52. The molecule has 1 amide bonds. The lowest BCUT2D eigenvalue weighted by molar-refractivity contribution is 0.177. The minimum Gasteiger partial charge on any atom is -0.447 e. The van der Waals surface area contributed by atoms with E-state index in [9.17, 15) is 4.79 Å². The highest BCUT2D eigenvalue weighted by Crippen LogP contribution is 2.10. The molecule has 0 aliphatic carbocycles. The zero-order valence-corrected chi connectivity index (χ0v) is 7.69. The highest BCUT2D eigenvalue weighted by Gasteiger charge is 2.21. The summed E-state index contributed by atoms with van der Waals surface area (Å²) in [4.78, 5) is 10.7. The van der Waals surface area contributed by atoms with Gasteiger partial charge in [0, 0.05) is 5.69 Å². The Bertz CT molecular complexity index is 335. The highest BCUT2D eigenvalue weighted by molar-refractivity contribution is 5.69. The molecule has 1 heterocycles. The maximum absolute atomic E-state index is 10.7. The number of rotatable bonds is 2. The van der Waals surface area contributed by atoms with E-state index in [4.69, 9.17) is 10.5 Å². The second-order valence-electron chi connectivity index (χ2n) is 3.39. The molecule has 2 rings (SSSR count). The van der Waals surface area contributed by atoms with E-state index in [1.54, 1.807) is 0 Å². The van der Waals surface area contributed by atoms with E-state index in [1.807, 2.05) is 24.3 Å². The summed E-state index contributed by atoms with van der Waals surface area (Å²) >= 11 is 0. The van der Waals surface area contributed by atoms with Crippen molar-refractivity contribution in [1.82, 2.24) is 5.32 Å². The molecule has 1 fully saturated rings. The Kier molecular flexibility index (Phi) is 3.55. The first kappa shape index (κ1) is 11.4. The van der Waals surface area contributed by atoms with Gasteiger partial charge in [-0.15, -0.1) is 0 Å². The van der Waals surface area contributed by atoms with Gasteiger partial charge in [-0.05, 0) is 24.1 Å². The average molecular weight is 208 g/mol. The third-order valence-electron chi connectivity index (χ3n) is 2.20. The third-order valence-corrected chi connectivity index (χ3v) is 2.20. The van der Waals surface area contributed by atoms with E-state index in [2.05, 4.69) is 5.32 Å². The molecule has 1 aromatic rings. The number of benzene rings is 1. The number of hydrogen-bond donors (Lipinski definition) is 2. The van der Waals surface area contributed by atoms with E-state index in [0.29, 0.717) is 6.61 Å². The molecular weight excluding hydrogens is 192 g/mol. The average Bonchev–Trinajstić information content (AvgIpc) is 2.56. The standard InChI is InChI=1S/C10H12N2O2.CH4/c11-8-3-1-7(2-4-8)5-9-6-14-10(13)12-9;/h1-4,9H,5-6,11H2,(H,12,13);1H4/t9-;/m0./s1. The largest absolute Gasteiger partial charge is 0.447 e. The van der Waals surface area contributed by atoms with Crippen LogP contribution in [0.25, 0.3) is 0 Å². The predicted octanol–water partition coefficient (Wildman–Crippen LogP) is 1.56. The topological polar surface area (TPSA) is 64.3 Å². The number of ether oxygens (including phenoxy) is 1. The number of nitrogens with one attached hydrogen (secondary N) is 1. The van der Waals surface area contributed by atoms with Crippen molar-refractivity contribution in [2.75, 3.05) is 12.3 Å². The molecule has 0 saturated carbocycles. The Balaban J connectivity index is 0.00000112. The lowest BCUT2D eigenvalue weighted by Gasteiger charge is -2.06. The summed E-state index contributed by atoms with van der Waals surface area (Å²) in [6, 6.07) is 7.71. The van der Waals surface area contributed by atoms with Crippen LogP contribution < -0.4 is 11.1 Å². The van der Waals surface area contributed by atoms with Gasteiger partial charge in [0.2, 0.25) is 0 Å². The molecule has 0 spiro atoms. The van der Waals surface area contributed by atoms with Crippen LogP contribution in [0, 0.1) is 0 Å². The van der Waals surface area contributed by atoms with Crippen molar-refractivity contribution < 1.29 is 9.53 Å². The lowest BCUT2D eigenvalue weighted by Crippen LogP contribution is -2.28. The van der Waals surface area contributed by atoms with Crippen molar-refractivity contribution >= 4 is 11.8 Å². The van der Waals surface area contributed by atoms with Gasteiger partial charge in [-0.25, -0.2) is 4.79 Å². The van der Waals surface area contributed by atoms with E-state index in [0.717, 1.165) is 17.7 Å². The van der Waals surface area contributed by atoms with Crippen LogP contribution >= 0.6 is 0 Å². The molecule has 1 aliphatic rings. The zero-order valence-electron chi connectivity index (χ0n) is 7.69. The van der Waals surface area contributed by atoms with Crippen LogP contribution in [0.4, 0.5) is 10.5 Å². The molecule has 1 aromatic carbocycles. The van der Waals surface area contributed by atoms with E-state index >= 15 is 0 Å². The van der Waals surface area contributed by atoms with Crippen molar-refractivity contribution in [3.8, 4) is 0 Å². The number of hydrogen-bond acceptors (Lipinski definition) is 3. The number of amides is 1. The Hall–Kier alpha value is -1.71. The SMILES string of the molecule is C.Nc1ccc(C[C@H]2COC(=O)N2)cc1. The summed E-state index contributed by atoms with van der Waals surface area (Å²) in [7, 11) is 0. The molecule has 4 heteroatoms. The van der Waals surface area contributed by atoms with Crippen molar-refractivity contribution in [3.05, 3.63) is 29.8 Å². The summed E-state index contributed by atoms with van der Waals surface area (Å²) < 4.78 is 4.79. The smallest absolute Gasteiger partial charge is 0.407 e. The molecule has 0 aromatic heterocycles. The Morgan fingerprint density at radius 3 is 2.60 bits per heavy atom. The molecule has 1 aliphatic heterocycles. The summed E-state index contributed by atoms with van der Waals surface area (Å²) in [6.07, 6.45) is 0.455. The van der Waals surface area contributed by atoms with Gasteiger partial charge in [0.1, 0.15) is 6.61 Å². The Morgan fingerprint density at radius 1 is 1.40 bits per heavy atom. The normalized spacial score (nSPS) is 18.9. The molecule has 4 nitrogen and oxygen atoms in total. The van der Waals surface area contributed by atoms with Crippen molar-refractivity contribution in [1.29, 1.82) is 0 Å². The molecule has 15 heavy (non-hydrogen) atoms. The first-order chi connectivity index (χ1) is 6.74. The molecule has 0 radical (unpaired) electrons. The second-order valence-corrected chi connectivity index (χ2v) is 3.39. The summed E-state index contributed by atoms with van der Waals surface area (Å²) in [5.41, 5.74) is 7.46. The fourth-order valence-corrected chi connectivity index (χ4v) is 1.47. The monoisotopic (exact) mass is 208 g/mol. The van der Waals surface area contributed by atoms with Gasteiger partial charge in [0.25, 0.3) is 0 Å². The molecule has 1 atom stereocenters. The van der Waals surface area contributed by atoms with Crippen LogP contribution in [0.15, 0.2) is 24.3 Å². The zero-order chi connectivity index (χ0) is 9.97. The van der Waals surface area contributed by atoms with E-state index in [1.165, 1.54) is 0 Å². The van der Waals surface area contributed by atoms with Crippen LogP contribution in [0.5, 0.6) is 0 Å². The molecular formula is C11H16N2O2. The second kappa shape index (κ2) is 4.68. The molecule has 82 valence electrons. The number of cyclic esters (lactones) is 1. The Morgan fingerprint density at radius 2 is 2.07 bits per heavy atom. The van der Waals surface area contributed by atoms with Gasteiger partial charge in [0.15, 0.2) is 0 Å². The summed E-state index contributed by atoms with van der Waals surface area (Å²) in [5.74, 6) is 0. The maximum atomic E-state index is 10.7. The highest BCUT2D eigenvalue weighted by atomic mass is 16.6. The van der Waals surface area contributed by atoms with Crippen LogP contribution in [0.2, 0.25) is 0 Å². The fourth-order valence-electron chi connectivity index (χ4n) is 1.47. The number of carbonyl (C=O) groups excluding carboxylic acids is 1. The van der Waals surface area contributed by atoms with Crippen LogP contribution in [-0.2, 0) is 11.2 Å².